The van der Waals surface area contributed by atoms with Crippen molar-refractivity contribution in [3.05, 3.63) is 65.6 Å². The molecule has 19 heavy (non-hydrogen) atoms. The molecule has 0 aliphatic carbocycles. The van der Waals surface area contributed by atoms with Crippen molar-refractivity contribution in [2.45, 2.75) is 13.5 Å². The Morgan fingerprint density at radius 2 is 2.16 bits per heavy atom. The van der Waals surface area contributed by atoms with Gasteiger partial charge < -0.3 is 4.57 Å². The number of pyridine rings is 1. The van der Waals surface area contributed by atoms with E-state index in [9.17, 15) is 4.79 Å². The van der Waals surface area contributed by atoms with Crippen molar-refractivity contribution in [3.8, 4) is 0 Å². The summed E-state index contributed by atoms with van der Waals surface area (Å²) in [5.41, 5.74) is 4.13. The number of benzene rings is 1. The van der Waals surface area contributed by atoms with Crippen LogP contribution in [0.3, 0.4) is 0 Å². The quantitative estimate of drug-likeness (QED) is 0.669. The van der Waals surface area contributed by atoms with Gasteiger partial charge in [0.05, 0.1) is 0 Å². The lowest BCUT2D eigenvalue weighted by Crippen LogP contribution is -1.99. The molecule has 0 unspecified atom stereocenters. The summed E-state index contributed by atoms with van der Waals surface area (Å²) >= 11 is 0. The third-order valence-corrected chi connectivity index (χ3v) is 3.26. The second-order valence-corrected chi connectivity index (χ2v) is 4.71. The third-order valence-electron chi connectivity index (χ3n) is 3.26. The van der Waals surface area contributed by atoms with Gasteiger partial charge in [-0.25, -0.2) is 0 Å². The van der Waals surface area contributed by atoms with Crippen molar-refractivity contribution in [3.63, 3.8) is 0 Å². The first-order chi connectivity index (χ1) is 9.28. The van der Waals surface area contributed by atoms with Gasteiger partial charge in [0.15, 0.2) is 6.29 Å². The summed E-state index contributed by atoms with van der Waals surface area (Å²) in [7, 11) is 0. The highest BCUT2D eigenvalue weighted by molar-refractivity contribution is 5.97. The summed E-state index contributed by atoms with van der Waals surface area (Å²) in [5.74, 6) is 0. The molecule has 0 fully saturated rings. The molecule has 0 aliphatic rings. The van der Waals surface area contributed by atoms with E-state index in [0.29, 0.717) is 0 Å². The molecule has 0 radical (unpaired) electrons. The highest BCUT2D eigenvalue weighted by Gasteiger charge is 2.05. The highest BCUT2D eigenvalue weighted by Crippen LogP contribution is 2.20. The molecular formula is C16H14N2O. The average Bonchev–Trinajstić information content (AvgIpc) is 2.82. The minimum absolute atomic E-state index is 0.735. The van der Waals surface area contributed by atoms with E-state index in [1.165, 1.54) is 0 Å². The van der Waals surface area contributed by atoms with E-state index in [1.54, 1.807) is 0 Å². The van der Waals surface area contributed by atoms with Crippen molar-refractivity contribution in [2.75, 3.05) is 0 Å². The number of aldehydes is 1. The lowest BCUT2D eigenvalue weighted by molar-refractivity contribution is 0.112. The molecule has 0 N–H and O–H groups in total. The van der Waals surface area contributed by atoms with Gasteiger partial charge in [-0.3, -0.25) is 9.78 Å². The number of hydrogen-bond donors (Lipinski definition) is 0. The van der Waals surface area contributed by atoms with Gasteiger partial charge in [0.25, 0.3) is 0 Å². The number of aryl methyl sites for hydroxylation is 1. The first-order valence-corrected chi connectivity index (χ1v) is 6.21. The van der Waals surface area contributed by atoms with Gasteiger partial charge in [-0.2, -0.15) is 0 Å². The molecule has 0 spiro atoms. The predicted molar refractivity (Wildman–Crippen MR) is 75.4 cm³/mol. The second kappa shape index (κ2) is 4.69. The predicted octanol–water partition coefficient (Wildman–Crippen LogP) is 3.21. The third kappa shape index (κ3) is 2.15. The zero-order valence-corrected chi connectivity index (χ0v) is 10.7. The van der Waals surface area contributed by atoms with Gasteiger partial charge in [-0.1, -0.05) is 18.2 Å². The first kappa shape index (κ1) is 11.7. The SMILES string of the molecule is Cc1cncc(Cn2ccc3c(C=O)cccc32)c1. The van der Waals surface area contributed by atoms with Crippen LogP contribution < -0.4 is 0 Å². The van der Waals surface area contributed by atoms with Crippen molar-refractivity contribution in [2.24, 2.45) is 0 Å². The number of carbonyl (C=O) groups is 1. The van der Waals surface area contributed by atoms with Crippen LogP contribution in [0.2, 0.25) is 0 Å². The summed E-state index contributed by atoms with van der Waals surface area (Å²) < 4.78 is 2.14. The molecule has 3 rings (SSSR count). The van der Waals surface area contributed by atoms with Crippen LogP contribution >= 0.6 is 0 Å². The number of fused-ring (bicyclic) bond motifs is 1. The maximum Gasteiger partial charge on any atom is 0.150 e. The minimum atomic E-state index is 0.735. The topological polar surface area (TPSA) is 34.9 Å². The molecule has 0 atom stereocenters. The van der Waals surface area contributed by atoms with E-state index < -0.39 is 0 Å². The standard InChI is InChI=1S/C16H14N2O/c1-12-7-13(9-17-8-12)10-18-6-5-15-14(11-19)3-2-4-16(15)18/h2-9,11H,10H2,1H3. The molecule has 3 aromatic rings. The number of rotatable bonds is 3. The Morgan fingerprint density at radius 3 is 2.95 bits per heavy atom. The summed E-state index contributed by atoms with van der Waals surface area (Å²) in [6, 6.07) is 9.90. The van der Waals surface area contributed by atoms with E-state index in [1.807, 2.05) is 49.8 Å². The number of hydrogen-bond acceptors (Lipinski definition) is 2. The Hall–Kier alpha value is -2.42. The van der Waals surface area contributed by atoms with Crippen molar-refractivity contribution in [1.29, 1.82) is 0 Å². The van der Waals surface area contributed by atoms with E-state index in [0.717, 1.165) is 40.4 Å². The fraction of sp³-hybridized carbons (Fsp3) is 0.125. The van der Waals surface area contributed by atoms with E-state index in [2.05, 4.69) is 15.6 Å². The number of carbonyl (C=O) groups excluding carboxylic acids is 1. The van der Waals surface area contributed by atoms with Crippen LogP contribution in [-0.2, 0) is 6.54 Å². The lowest BCUT2D eigenvalue weighted by atomic mass is 10.1. The lowest BCUT2D eigenvalue weighted by Gasteiger charge is -2.06. The molecular weight excluding hydrogens is 236 g/mol. The number of aromatic nitrogens is 2. The van der Waals surface area contributed by atoms with Gasteiger partial charge in [0.2, 0.25) is 0 Å². The molecule has 1 aromatic carbocycles. The second-order valence-electron chi connectivity index (χ2n) is 4.71. The molecule has 0 bridgehead atoms. The maximum absolute atomic E-state index is 11.0. The van der Waals surface area contributed by atoms with Gasteiger partial charge in [0, 0.05) is 41.6 Å². The van der Waals surface area contributed by atoms with E-state index >= 15 is 0 Å². The van der Waals surface area contributed by atoms with Crippen LogP contribution in [-0.4, -0.2) is 15.8 Å². The van der Waals surface area contributed by atoms with E-state index in [4.69, 9.17) is 0 Å². The summed E-state index contributed by atoms with van der Waals surface area (Å²) in [4.78, 5) is 15.2. The Kier molecular flexibility index (Phi) is 2.88. The molecule has 0 aliphatic heterocycles. The smallest absolute Gasteiger partial charge is 0.150 e. The fourth-order valence-corrected chi connectivity index (χ4v) is 2.39. The fourth-order valence-electron chi connectivity index (χ4n) is 2.39. The normalized spacial score (nSPS) is 10.8. The number of nitrogens with zero attached hydrogens (tertiary/aromatic N) is 2. The van der Waals surface area contributed by atoms with Crippen LogP contribution in [0.4, 0.5) is 0 Å². The largest absolute Gasteiger partial charge is 0.343 e. The van der Waals surface area contributed by atoms with E-state index in [-0.39, 0.29) is 0 Å². The zero-order chi connectivity index (χ0) is 13.2. The molecule has 0 amide bonds. The van der Waals surface area contributed by atoms with Crippen molar-refractivity contribution in [1.82, 2.24) is 9.55 Å². The summed E-state index contributed by atoms with van der Waals surface area (Å²) in [6.45, 7) is 2.80. The minimum Gasteiger partial charge on any atom is -0.343 e. The van der Waals surface area contributed by atoms with Crippen LogP contribution in [0.5, 0.6) is 0 Å². The van der Waals surface area contributed by atoms with Gasteiger partial charge >= 0.3 is 0 Å². The Morgan fingerprint density at radius 1 is 1.26 bits per heavy atom. The van der Waals surface area contributed by atoms with Crippen molar-refractivity contribution < 1.29 is 4.79 Å². The first-order valence-electron chi connectivity index (χ1n) is 6.21. The van der Waals surface area contributed by atoms with Gasteiger partial charge in [-0.05, 0) is 30.2 Å². The maximum atomic E-state index is 11.0. The van der Waals surface area contributed by atoms with Crippen LogP contribution in [0.25, 0.3) is 10.9 Å². The summed E-state index contributed by atoms with van der Waals surface area (Å²) in [6.07, 6.45) is 6.64. The molecule has 94 valence electrons. The monoisotopic (exact) mass is 250 g/mol. The van der Waals surface area contributed by atoms with Crippen LogP contribution in [0, 0.1) is 6.92 Å². The molecule has 0 saturated carbocycles. The van der Waals surface area contributed by atoms with Crippen LogP contribution in [0.1, 0.15) is 21.5 Å². The zero-order valence-electron chi connectivity index (χ0n) is 10.7. The average molecular weight is 250 g/mol. The van der Waals surface area contributed by atoms with Gasteiger partial charge in [-0.15, -0.1) is 0 Å². The Balaban J connectivity index is 2.04. The van der Waals surface area contributed by atoms with Crippen molar-refractivity contribution >= 4 is 17.2 Å². The summed E-state index contributed by atoms with van der Waals surface area (Å²) in [5, 5.41) is 0.998. The highest BCUT2D eigenvalue weighted by atomic mass is 16.1. The van der Waals surface area contributed by atoms with Gasteiger partial charge in [0.1, 0.15) is 0 Å². The Labute approximate surface area is 111 Å². The molecule has 2 heterocycles. The van der Waals surface area contributed by atoms with Crippen LogP contribution in [0.15, 0.2) is 48.9 Å². The molecule has 2 aromatic heterocycles. The molecule has 3 heteroatoms. The Bertz CT molecular complexity index is 743. The molecule has 3 nitrogen and oxygen atoms in total. The molecule has 0 saturated heterocycles.